The average molecular weight is 663 g/mol. The number of halogens is 9. The van der Waals surface area contributed by atoms with Gasteiger partial charge in [-0.3, -0.25) is 0 Å². The van der Waals surface area contributed by atoms with Crippen LogP contribution < -0.4 is 0 Å². The Bertz CT molecular complexity index is 1450. The van der Waals surface area contributed by atoms with Gasteiger partial charge in [-0.1, -0.05) is 48.5 Å². The summed E-state index contributed by atoms with van der Waals surface area (Å²) in [6, 6.07) is 28.4. The van der Waals surface area contributed by atoms with Gasteiger partial charge in [0, 0.05) is 0 Å². The Kier molecular flexibility index (Phi) is 10.7. The van der Waals surface area contributed by atoms with Gasteiger partial charge >= 0.3 is 29.2 Å². The normalized spacial score (nSPS) is 13.3. The molecule has 0 amide bonds. The molecule has 16 heteroatoms. The predicted octanol–water partition coefficient (Wildman–Crippen LogP) is 7.69. The molecule has 5 nitrogen and oxygen atoms in total. The molecule has 0 unspecified atom stereocenters. The van der Waals surface area contributed by atoms with Crippen LogP contribution in [-0.2, 0) is 25.7 Å². The molecule has 0 aromatic heterocycles. The van der Waals surface area contributed by atoms with E-state index in [2.05, 4.69) is 24.3 Å². The van der Waals surface area contributed by atoms with Crippen molar-refractivity contribution in [3.05, 3.63) is 90.5 Å². The number of carbonyl (C=O) groups excluding carboxylic acids is 1. The Balaban J connectivity index is 0.000000332. The molecule has 0 aliphatic rings. The van der Waals surface area contributed by atoms with Gasteiger partial charge in [-0.15, -0.1) is 0 Å². The number of benzene rings is 3. The molecule has 0 aliphatic carbocycles. The van der Waals surface area contributed by atoms with Crippen LogP contribution >= 0.6 is 0 Å². The third kappa shape index (κ3) is 8.03. The van der Waals surface area contributed by atoms with Crippen molar-refractivity contribution in [3.63, 3.8) is 0 Å². The Labute approximate surface area is 243 Å². The minimum Gasteiger partial charge on any atom is -0.743 e. The largest absolute Gasteiger partial charge is 0.743 e. The fourth-order valence-corrected chi connectivity index (χ4v) is 5.83. The highest BCUT2D eigenvalue weighted by atomic mass is 32.2. The molecular weight excluding hydrogens is 639 g/mol. The number of hydrogen-bond donors (Lipinski definition) is 0. The van der Waals surface area contributed by atoms with Crippen molar-refractivity contribution in [1.82, 2.24) is 0 Å². The van der Waals surface area contributed by atoms with E-state index in [1.807, 2.05) is 81.4 Å². The van der Waals surface area contributed by atoms with E-state index in [1.54, 1.807) is 0 Å². The highest BCUT2D eigenvalue weighted by molar-refractivity contribution is 7.97. The molecule has 0 atom stereocenters. The molecule has 3 aromatic rings. The first-order valence-corrected chi connectivity index (χ1v) is 14.4. The minimum absolute atomic E-state index is 0.280. The Hall–Kier alpha value is -3.24. The second kappa shape index (κ2) is 12.8. The third-order valence-electron chi connectivity index (χ3n) is 5.11. The lowest BCUT2D eigenvalue weighted by Gasteiger charge is -2.34. The van der Waals surface area contributed by atoms with Crippen molar-refractivity contribution >= 4 is 27.0 Å². The lowest BCUT2D eigenvalue weighted by molar-refractivity contribution is -0.382. The number of ether oxygens (including phenoxy) is 1. The van der Waals surface area contributed by atoms with E-state index in [0.29, 0.717) is 5.56 Å². The third-order valence-corrected chi connectivity index (χ3v) is 8.28. The summed E-state index contributed by atoms with van der Waals surface area (Å²) in [7, 11) is -7.79. The molecule has 3 aromatic carbocycles. The summed E-state index contributed by atoms with van der Waals surface area (Å²) in [5.74, 6) is -15.1. The van der Waals surface area contributed by atoms with Crippen LogP contribution in [0.15, 0.2) is 99.6 Å². The smallest absolute Gasteiger partial charge is 0.460 e. The van der Waals surface area contributed by atoms with Crippen LogP contribution in [0.3, 0.4) is 0 Å². The zero-order valence-corrected chi connectivity index (χ0v) is 24.0. The summed E-state index contributed by atoms with van der Waals surface area (Å²) < 4.78 is 141. The van der Waals surface area contributed by atoms with E-state index in [-0.39, 0.29) is 16.9 Å². The van der Waals surface area contributed by atoms with Crippen molar-refractivity contribution in [1.29, 1.82) is 0 Å². The number of esters is 1. The van der Waals surface area contributed by atoms with Crippen molar-refractivity contribution in [2.75, 3.05) is 0 Å². The fraction of sp³-hybridized carbons (Fsp3) is 0.296. The van der Waals surface area contributed by atoms with E-state index < -0.39 is 39.0 Å². The Morgan fingerprint density at radius 2 is 1.07 bits per heavy atom. The molecule has 43 heavy (non-hydrogen) atoms. The monoisotopic (exact) mass is 662 g/mol. The van der Waals surface area contributed by atoms with Crippen LogP contribution in [0.5, 0.6) is 0 Å². The van der Waals surface area contributed by atoms with Gasteiger partial charge in [0.05, 0.1) is 0 Å². The molecular formula is C27H23F9O5S2. The maximum atomic E-state index is 12.8. The van der Waals surface area contributed by atoms with Crippen molar-refractivity contribution in [3.8, 4) is 0 Å². The zero-order valence-electron chi connectivity index (χ0n) is 22.3. The fourth-order valence-electron chi connectivity index (χ4n) is 3.17. The number of hydrogen-bond acceptors (Lipinski definition) is 5. The van der Waals surface area contributed by atoms with E-state index >= 15 is 0 Å². The maximum absolute atomic E-state index is 12.8. The highest BCUT2D eigenvalue weighted by Gasteiger charge is 2.83. The number of rotatable bonds is 7. The predicted molar refractivity (Wildman–Crippen MR) is 137 cm³/mol. The van der Waals surface area contributed by atoms with E-state index in [1.165, 1.54) is 9.79 Å². The zero-order chi connectivity index (χ0) is 33.1. The lowest BCUT2D eigenvalue weighted by atomic mass is 10.1. The molecule has 3 rings (SSSR count). The van der Waals surface area contributed by atoms with Crippen LogP contribution in [0.4, 0.5) is 39.5 Å². The topological polar surface area (TPSA) is 83.5 Å². The van der Waals surface area contributed by atoms with Crippen molar-refractivity contribution < 1.29 is 62.0 Å². The van der Waals surface area contributed by atoms with Crippen LogP contribution in [0, 0.1) is 0 Å². The second-order valence-electron chi connectivity index (χ2n) is 9.55. The molecule has 0 aliphatic heterocycles. The molecule has 0 fully saturated rings. The van der Waals surface area contributed by atoms with Gasteiger partial charge < -0.3 is 9.29 Å². The van der Waals surface area contributed by atoms with Crippen LogP contribution in [0.1, 0.15) is 31.1 Å². The maximum Gasteiger partial charge on any atom is 0.460 e. The quantitative estimate of drug-likeness (QED) is 0.112. The average Bonchev–Trinajstić information content (AvgIpc) is 2.88. The van der Waals surface area contributed by atoms with E-state index in [4.69, 9.17) is 4.74 Å². The molecule has 0 heterocycles. The summed E-state index contributed by atoms with van der Waals surface area (Å²) in [4.78, 5) is 16.2. The van der Waals surface area contributed by atoms with Crippen LogP contribution in [-0.4, -0.2) is 47.8 Å². The highest BCUT2D eigenvalue weighted by Crippen LogP contribution is 2.54. The molecule has 0 bridgehead atoms. The first-order chi connectivity index (χ1) is 19.5. The Morgan fingerprint density at radius 1 is 0.674 bits per heavy atom. The van der Waals surface area contributed by atoms with Gasteiger partial charge in [-0.05, 0) is 57.2 Å². The molecule has 0 spiro atoms. The van der Waals surface area contributed by atoms with Gasteiger partial charge in [0.2, 0.25) is 0 Å². The number of carbonyl (C=O) groups is 1. The molecule has 0 radical (unpaired) electrons. The van der Waals surface area contributed by atoms with Gasteiger partial charge in [-0.2, -0.15) is 39.5 Å². The molecule has 0 N–H and O–H groups in total. The van der Waals surface area contributed by atoms with Gasteiger partial charge in [-0.25, -0.2) is 13.2 Å². The van der Waals surface area contributed by atoms with Crippen LogP contribution in [0.25, 0.3) is 0 Å². The number of alkyl halides is 9. The van der Waals surface area contributed by atoms with E-state index in [0.717, 1.165) is 4.90 Å². The van der Waals surface area contributed by atoms with Gasteiger partial charge in [0.1, 0.15) is 22.1 Å². The van der Waals surface area contributed by atoms with Crippen LogP contribution in [0.2, 0.25) is 0 Å². The first kappa shape index (κ1) is 36.0. The summed E-state index contributed by atoms with van der Waals surface area (Å²) in [6.45, 7) is 5.67. The lowest BCUT2D eigenvalue weighted by Crippen LogP contribution is -2.63. The minimum atomic E-state index is -7.43. The van der Waals surface area contributed by atoms with Gasteiger partial charge in [0.25, 0.3) is 0 Å². The SMILES string of the molecule is CC(C)(C)OC(=O)c1ccccc1[S+](c1ccccc1)c1ccccc1.O=S(=O)([O-])C(F)(F)C(F)(F)C(F)(F)C(F)(F)F. The summed E-state index contributed by atoms with van der Waals surface area (Å²) in [6.07, 6.45) is -7.16. The Morgan fingerprint density at radius 3 is 1.44 bits per heavy atom. The summed E-state index contributed by atoms with van der Waals surface area (Å²) in [5.41, 5.74) is 0.0981. The molecule has 0 saturated heterocycles. The van der Waals surface area contributed by atoms with Gasteiger partial charge in [0.15, 0.2) is 24.8 Å². The molecule has 236 valence electrons. The second-order valence-corrected chi connectivity index (χ2v) is 13.0. The summed E-state index contributed by atoms with van der Waals surface area (Å²) >= 11 is 0. The van der Waals surface area contributed by atoms with E-state index in [9.17, 15) is 57.3 Å². The van der Waals surface area contributed by atoms with Crippen molar-refractivity contribution in [2.24, 2.45) is 0 Å². The summed E-state index contributed by atoms with van der Waals surface area (Å²) in [5, 5.41) is -7.11. The standard InChI is InChI=1S/C23H23O2S.C4HF9O3S/c1-23(2,3)25-22(24)20-16-10-11-17-21(20)26(18-12-6-4-7-13-18)19-14-8-5-9-15-19;5-1(6,3(9,10)11)2(7,8)4(12,13)17(14,15)16/h4-17H,1-3H3;(H,14,15,16)/q+1;/p-1. The first-order valence-electron chi connectivity index (χ1n) is 11.8. The molecule has 0 saturated carbocycles. The van der Waals surface area contributed by atoms with Crippen molar-refractivity contribution in [2.45, 2.75) is 64.3 Å².